The molecule has 2 heterocycles. The first-order valence-corrected chi connectivity index (χ1v) is 12.5. The summed E-state index contributed by atoms with van der Waals surface area (Å²) in [5, 5.41) is 3.34. The fourth-order valence-electron chi connectivity index (χ4n) is 4.12. The molecule has 2 unspecified atom stereocenters. The maximum Gasteiger partial charge on any atom is 0.243 e. The molecule has 0 saturated carbocycles. The Labute approximate surface area is 181 Å². The van der Waals surface area contributed by atoms with Crippen molar-refractivity contribution in [1.29, 1.82) is 0 Å². The minimum absolute atomic E-state index is 0.370. The van der Waals surface area contributed by atoms with E-state index >= 15 is 0 Å². The van der Waals surface area contributed by atoms with Gasteiger partial charge in [0.2, 0.25) is 10.0 Å². The SMILES string of the molecule is CCNC(=NCc1ccc(S(=O)(=O)N2CCCC(C)C2)cc1)N(C)CC1CCOC1. The van der Waals surface area contributed by atoms with E-state index in [1.807, 2.05) is 12.1 Å². The number of ether oxygens (including phenoxy) is 1. The lowest BCUT2D eigenvalue weighted by molar-refractivity contribution is 0.181. The van der Waals surface area contributed by atoms with Crippen LogP contribution in [-0.4, -0.2) is 70.0 Å². The Morgan fingerprint density at radius 2 is 2.07 bits per heavy atom. The lowest BCUT2D eigenvalue weighted by atomic mass is 10.0. The van der Waals surface area contributed by atoms with Crippen LogP contribution in [0.3, 0.4) is 0 Å². The summed E-state index contributed by atoms with van der Waals surface area (Å²) in [6.45, 7) is 9.28. The lowest BCUT2D eigenvalue weighted by Crippen LogP contribution is -2.41. The molecule has 0 aromatic heterocycles. The number of guanidine groups is 1. The Morgan fingerprint density at radius 1 is 1.30 bits per heavy atom. The fourth-order valence-corrected chi connectivity index (χ4v) is 5.72. The minimum Gasteiger partial charge on any atom is -0.381 e. The maximum atomic E-state index is 12.9. The molecule has 0 aliphatic carbocycles. The van der Waals surface area contributed by atoms with Crippen LogP contribution >= 0.6 is 0 Å². The molecule has 0 amide bonds. The summed E-state index contributed by atoms with van der Waals surface area (Å²) in [5.74, 6) is 1.82. The summed E-state index contributed by atoms with van der Waals surface area (Å²) in [4.78, 5) is 7.27. The van der Waals surface area contributed by atoms with Gasteiger partial charge in [-0.3, -0.25) is 0 Å². The molecule has 0 radical (unpaired) electrons. The van der Waals surface area contributed by atoms with Crippen LogP contribution in [0.4, 0.5) is 0 Å². The average molecular weight is 437 g/mol. The molecule has 2 aliphatic rings. The van der Waals surface area contributed by atoms with E-state index in [1.165, 1.54) is 0 Å². The van der Waals surface area contributed by atoms with E-state index in [1.54, 1.807) is 16.4 Å². The number of piperidine rings is 1. The third kappa shape index (κ3) is 5.95. The second-order valence-electron chi connectivity index (χ2n) is 8.53. The van der Waals surface area contributed by atoms with E-state index < -0.39 is 10.0 Å². The van der Waals surface area contributed by atoms with Crippen molar-refractivity contribution in [3.8, 4) is 0 Å². The molecule has 7 nitrogen and oxygen atoms in total. The van der Waals surface area contributed by atoms with Crippen molar-refractivity contribution in [2.24, 2.45) is 16.8 Å². The lowest BCUT2D eigenvalue weighted by Gasteiger charge is -2.30. The van der Waals surface area contributed by atoms with E-state index in [0.29, 0.717) is 36.4 Å². The normalized spacial score (nSPS) is 23.5. The van der Waals surface area contributed by atoms with Gasteiger partial charge in [-0.25, -0.2) is 13.4 Å². The second-order valence-corrected chi connectivity index (χ2v) is 10.5. The van der Waals surface area contributed by atoms with Crippen molar-refractivity contribution in [2.45, 2.75) is 44.6 Å². The van der Waals surface area contributed by atoms with Crippen molar-refractivity contribution in [1.82, 2.24) is 14.5 Å². The molecule has 30 heavy (non-hydrogen) atoms. The van der Waals surface area contributed by atoms with E-state index in [0.717, 1.165) is 57.1 Å². The van der Waals surface area contributed by atoms with Gasteiger partial charge in [-0.15, -0.1) is 0 Å². The molecule has 1 aromatic rings. The Balaban J connectivity index is 1.64. The summed E-state index contributed by atoms with van der Waals surface area (Å²) in [6, 6.07) is 7.17. The Kier molecular flexibility index (Phi) is 8.13. The Morgan fingerprint density at radius 3 is 2.70 bits per heavy atom. The first-order valence-electron chi connectivity index (χ1n) is 11.1. The topological polar surface area (TPSA) is 74.2 Å². The van der Waals surface area contributed by atoms with E-state index in [9.17, 15) is 8.42 Å². The molecule has 8 heteroatoms. The van der Waals surface area contributed by atoms with Gasteiger partial charge in [0.25, 0.3) is 0 Å². The zero-order valence-electron chi connectivity index (χ0n) is 18.5. The van der Waals surface area contributed by atoms with Crippen molar-refractivity contribution in [2.75, 3.05) is 46.4 Å². The van der Waals surface area contributed by atoms with Gasteiger partial charge in [-0.2, -0.15) is 4.31 Å². The van der Waals surface area contributed by atoms with Crippen LogP contribution < -0.4 is 5.32 Å². The van der Waals surface area contributed by atoms with E-state index in [-0.39, 0.29) is 0 Å². The maximum absolute atomic E-state index is 12.9. The number of sulfonamides is 1. The average Bonchev–Trinajstić information content (AvgIpc) is 3.24. The number of benzene rings is 1. The molecule has 2 saturated heterocycles. The highest BCUT2D eigenvalue weighted by atomic mass is 32.2. The third-order valence-electron chi connectivity index (χ3n) is 5.84. The zero-order valence-corrected chi connectivity index (χ0v) is 19.3. The van der Waals surface area contributed by atoms with Gasteiger partial charge in [-0.1, -0.05) is 19.1 Å². The van der Waals surface area contributed by atoms with Crippen LogP contribution in [-0.2, 0) is 21.3 Å². The molecule has 1 aromatic carbocycles. The molecular weight excluding hydrogens is 400 g/mol. The molecule has 2 fully saturated rings. The van der Waals surface area contributed by atoms with Crippen LogP contribution in [0.2, 0.25) is 0 Å². The summed E-state index contributed by atoms with van der Waals surface area (Å²) in [5.41, 5.74) is 0.994. The number of rotatable bonds is 7. The summed E-state index contributed by atoms with van der Waals surface area (Å²) in [6.07, 6.45) is 3.12. The van der Waals surface area contributed by atoms with Crippen LogP contribution in [0.15, 0.2) is 34.2 Å². The first-order chi connectivity index (χ1) is 14.4. The largest absolute Gasteiger partial charge is 0.381 e. The molecule has 2 aliphatic heterocycles. The summed E-state index contributed by atoms with van der Waals surface area (Å²) in [7, 11) is -1.36. The van der Waals surface area contributed by atoms with Gasteiger partial charge in [0.05, 0.1) is 18.0 Å². The van der Waals surface area contributed by atoms with Crippen LogP contribution in [0, 0.1) is 11.8 Å². The van der Waals surface area contributed by atoms with Crippen molar-refractivity contribution in [3.63, 3.8) is 0 Å². The standard InChI is InChI=1S/C22H36N4O3S/c1-4-23-22(25(3)16-20-11-13-29-17-20)24-14-19-7-9-21(10-8-19)30(27,28)26-12-5-6-18(2)15-26/h7-10,18,20H,4-6,11-17H2,1-3H3,(H,23,24). The summed E-state index contributed by atoms with van der Waals surface area (Å²) >= 11 is 0. The molecule has 0 bridgehead atoms. The van der Waals surface area contributed by atoms with Gasteiger partial charge in [0, 0.05) is 45.8 Å². The number of hydrogen-bond donors (Lipinski definition) is 1. The monoisotopic (exact) mass is 436 g/mol. The Bertz CT molecular complexity index is 804. The van der Waals surface area contributed by atoms with Gasteiger partial charge < -0.3 is 15.0 Å². The van der Waals surface area contributed by atoms with Gasteiger partial charge in [-0.05, 0) is 49.8 Å². The van der Waals surface area contributed by atoms with E-state index in [2.05, 4.69) is 31.1 Å². The molecule has 168 valence electrons. The van der Waals surface area contributed by atoms with Crippen molar-refractivity contribution >= 4 is 16.0 Å². The van der Waals surface area contributed by atoms with Gasteiger partial charge in [0.15, 0.2) is 5.96 Å². The predicted octanol–water partition coefficient (Wildman–Crippen LogP) is 2.54. The third-order valence-corrected chi connectivity index (χ3v) is 7.72. The predicted molar refractivity (Wildman–Crippen MR) is 120 cm³/mol. The molecule has 3 rings (SSSR count). The highest BCUT2D eigenvalue weighted by Crippen LogP contribution is 2.23. The van der Waals surface area contributed by atoms with E-state index in [4.69, 9.17) is 9.73 Å². The number of nitrogens with one attached hydrogen (secondary N) is 1. The van der Waals surface area contributed by atoms with Gasteiger partial charge in [0.1, 0.15) is 0 Å². The fraction of sp³-hybridized carbons (Fsp3) is 0.682. The highest BCUT2D eigenvalue weighted by molar-refractivity contribution is 7.89. The highest BCUT2D eigenvalue weighted by Gasteiger charge is 2.28. The van der Waals surface area contributed by atoms with Crippen molar-refractivity contribution in [3.05, 3.63) is 29.8 Å². The molecule has 0 spiro atoms. The zero-order chi connectivity index (χ0) is 21.6. The minimum atomic E-state index is -3.41. The number of aliphatic imine (C=N–C) groups is 1. The number of nitrogens with zero attached hydrogens (tertiary/aromatic N) is 3. The van der Waals surface area contributed by atoms with Crippen molar-refractivity contribution < 1.29 is 13.2 Å². The number of hydrogen-bond acceptors (Lipinski definition) is 4. The summed E-state index contributed by atoms with van der Waals surface area (Å²) < 4.78 is 32.9. The van der Waals surface area contributed by atoms with Crippen LogP contribution in [0.1, 0.15) is 38.7 Å². The molecule has 2 atom stereocenters. The quantitative estimate of drug-likeness (QED) is 0.525. The van der Waals surface area contributed by atoms with Gasteiger partial charge >= 0.3 is 0 Å². The smallest absolute Gasteiger partial charge is 0.243 e. The molecular formula is C22H36N4O3S. The first kappa shape index (κ1) is 23.0. The second kappa shape index (κ2) is 10.6. The van der Waals surface area contributed by atoms with Crippen LogP contribution in [0.25, 0.3) is 0 Å². The Hall–Kier alpha value is -1.64. The molecule has 1 N–H and O–H groups in total. The van der Waals surface area contributed by atoms with Crippen LogP contribution in [0.5, 0.6) is 0 Å².